The second-order valence-corrected chi connectivity index (χ2v) is 6.94. The predicted molar refractivity (Wildman–Crippen MR) is 69.0 cm³/mol. The minimum absolute atomic E-state index is 0.0339. The average Bonchev–Trinajstić information content (AvgIpc) is 2.25. The maximum atomic E-state index is 12.8. The summed E-state index contributed by atoms with van der Waals surface area (Å²) in [7, 11) is -3.67. The second-order valence-electron chi connectivity index (χ2n) is 5.23. The van der Waals surface area contributed by atoms with Crippen molar-refractivity contribution in [2.24, 2.45) is 11.1 Å². The Labute approximate surface area is 107 Å². The molecule has 1 rings (SSSR count). The minimum atomic E-state index is -3.67. The van der Waals surface area contributed by atoms with Gasteiger partial charge in [0, 0.05) is 12.6 Å². The highest BCUT2D eigenvalue weighted by atomic mass is 32.2. The molecular formula is C12H19FN2O2S. The molecule has 0 amide bonds. The predicted octanol–water partition coefficient (Wildman–Crippen LogP) is 1.48. The number of halogens is 1. The van der Waals surface area contributed by atoms with Crippen LogP contribution >= 0.6 is 0 Å². The second kappa shape index (κ2) is 5.34. The summed E-state index contributed by atoms with van der Waals surface area (Å²) in [4.78, 5) is 0.0339. The summed E-state index contributed by atoms with van der Waals surface area (Å²) >= 11 is 0. The van der Waals surface area contributed by atoms with E-state index in [1.165, 1.54) is 12.1 Å². The number of nitrogens with two attached hydrogens (primary N) is 1. The van der Waals surface area contributed by atoms with Gasteiger partial charge in [0.2, 0.25) is 10.0 Å². The molecule has 0 aliphatic heterocycles. The highest BCUT2D eigenvalue weighted by molar-refractivity contribution is 7.89. The topological polar surface area (TPSA) is 72.2 Å². The van der Waals surface area contributed by atoms with E-state index in [4.69, 9.17) is 5.73 Å². The molecule has 0 radical (unpaired) electrons. The molecule has 0 spiro atoms. The fourth-order valence-corrected chi connectivity index (χ4v) is 2.90. The maximum Gasteiger partial charge on any atom is 0.240 e. The van der Waals surface area contributed by atoms with Gasteiger partial charge in [0.05, 0.1) is 4.90 Å². The molecule has 0 fully saturated rings. The van der Waals surface area contributed by atoms with Crippen molar-refractivity contribution >= 4 is 10.0 Å². The van der Waals surface area contributed by atoms with Crippen LogP contribution in [0.1, 0.15) is 20.8 Å². The Hall–Kier alpha value is -0.980. The third-order valence-electron chi connectivity index (χ3n) is 2.70. The van der Waals surface area contributed by atoms with Crippen LogP contribution in [0.25, 0.3) is 0 Å². The Morgan fingerprint density at radius 2 is 1.78 bits per heavy atom. The number of hydrogen-bond acceptors (Lipinski definition) is 3. The molecule has 0 aromatic heterocycles. The van der Waals surface area contributed by atoms with Gasteiger partial charge >= 0.3 is 0 Å². The number of rotatable bonds is 4. The Morgan fingerprint density at radius 1 is 1.28 bits per heavy atom. The van der Waals surface area contributed by atoms with Crippen molar-refractivity contribution < 1.29 is 12.8 Å². The standard InChI is InChI=1S/C12H19FN2O2S/c1-12(2,3)11(8-14)15-18(16,17)10-6-4-9(13)5-7-10/h4-7,11,15H,8,14H2,1-3H3. The van der Waals surface area contributed by atoms with E-state index in [2.05, 4.69) is 4.72 Å². The van der Waals surface area contributed by atoms with E-state index in [1.807, 2.05) is 20.8 Å². The quantitative estimate of drug-likeness (QED) is 0.873. The van der Waals surface area contributed by atoms with Crippen molar-refractivity contribution in [1.82, 2.24) is 4.72 Å². The Balaban J connectivity index is 2.98. The monoisotopic (exact) mass is 274 g/mol. The van der Waals surface area contributed by atoms with E-state index in [9.17, 15) is 12.8 Å². The molecule has 0 aliphatic rings. The maximum absolute atomic E-state index is 12.8. The minimum Gasteiger partial charge on any atom is -0.329 e. The number of sulfonamides is 1. The molecule has 0 saturated heterocycles. The van der Waals surface area contributed by atoms with Gasteiger partial charge in [-0.05, 0) is 29.7 Å². The van der Waals surface area contributed by atoms with Crippen LogP contribution in [0.15, 0.2) is 29.2 Å². The molecule has 18 heavy (non-hydrogen) atoms. The van der Waals surface area contributed by atoms with Crippen LogP contribution in [0, 0.1) is 11.2 Å². The fourth-order valence-electron chi connectivity index (χ4n) is 1.45. The van der Waals surface area contributed by atoms with Gasteiger partial charge in [-0.2, -0.15) is 0 Å². The summed E-state index contributed by atoms with van der Waals surface area (Å²) in [6.45, 7) is 5.90. The molecule has 3 N–H and O–H groups in total. The van der Waals surface area contributed by atoms with Crippen molar-refractivity contribution in [1.29, 1.82) is 0 Å². The molecule has 6 heteroatoms. The lowest BCUT2D eigenvalue weighted by Gasteiger charge is -2.30. The van der Waals surface area contributed by atoms with Crippen molar-refractivity contribution in [3.63, 3.8) is 0 Å². The van der Waals surface area contributed by atoms with Gasteiger partial charge in [0.25, 0.3) is 0 Å². The van der Waals surface area contributed by atoms with Gasteiger partial charge < -0.3 is 5.73 Å². The smallest absolute Gasteiger partial charge is 0.240 e. The zero-order chi connectivity index (χ0) is 14.0. The highest BCUT2D eigenvalue weighted by Gasteiger charge is 2.28. The van der Waals surface area contributed by atoms with Gasteiger partial charge in [0.15, 0.2) is 0 Å². The molecule has 0 heterocycles. The molecule has 4 nitrogen and oxygen atoms in total. The van der Waals surface area contributed by atoms with Crippen LogP contribution in [-0.2, 0) is 10.0 Å². The van der Waals surface area contributed by atoms with E-state index in [1.54, 1.807) is 0 Å². The van der Waals surface area contributed by atoms with Crippen LogP contribution in [0.5, 0.6) is 0 Å². The van der Waals surface area contributed by atoms with Gasteiger partial charge in [-0.15, -0.1) is 0 Å². The van der Waals surface area contributed by atoms with E-state index in [0.29, 0.717) is 0 Å². The van der Waals surface area contributed by atoms with Crippen molar-refractivity contribution in [3.8, 4) is 0 Å². The molecule has 1 aromatic carbocycles. The molecule has 0 saturated carbocycles. The molecule has 1 atom stereocenters. The summed E-state index contributed by atoms with van der Waals surface area (Å²) in [6, 6.07) is 4.31. The van der Waals surface area contributed by atoms with Gasteiger partial charge in [-0.1, -0.05) is 20.8 Å². The van der Waals surface area contributed by atoms with E-state index in [-0.39, 0.29) is 22.9 Å². The number of hydrogen-bond donors (Lipinski definition) is 2. The van der Waals surface area contributed by atoms with Gasteiger partial charge in [0.1, 0.15) is 5.82 Å². The third kappa shape index (κ3) is 3.76. The number of nitrogens with one attached hydrogen (secondary N) is 1. The molecule has 0 aliphatic carbocycles. The van der Waals surface area contributed by atoms with Crippen LogP contribution in [-0.4, -0.2) is 21.0 Å². The Bertz CT molecular complexity index is 492. The SMILES string of the molecule is CC(C)(C)C(CN)NS(=O)(=O)c1ccc(F)cc1. The van der Waals surface area contributed by atoms with Crippen molar-refractivity contribution in [3.05, 3.63) is 30.1 Å². The van der Waals surface area contributed by atoms with Crippen LogP contribution in [0.4, 0.5) is 4.39 Å². The lowest BCUT2D eigenvalue weighted by Crippen LogP contribution is -2.48. The lowest BCUT2D eigenvalue weighted by atomic mass is 9.88. The summed E-state index contributed by atoms with van der Waals surface area (Å²) in [5.74, 6) is -0.472. The van der Waals surface area contributed by atoms with Crippen LogP contribution in [0.2, 0.25) is 0 Å². The van der Waals surface area contributed by atoms with E-state index < -0.39 is 15.8 Å². The molecule has 0 bridgehead atoms. The normalized spacial score (nSPS) is 14.5. The first-order valence-corrected chi connectivity index (χ1v) is 7.13. The molecule has 1 aromatic rings. The Morgan fingerprint density at radius 3 is 2.17 bits per heavy atom. The highest BCUT2D eigenvalue weighted by Crippen LogP contribution is 2.20. The van der Waals surface area contributed by atoms with Crippen LogP contribution in [0.3, 0.4) is 0 Å². The summed E-state index contributed by atoms with van der Waals surface area (Å²) in [5, 5.41) is 0. The zero-order valence-electron chi connectivity index (χ0n) is 10.8. The molecular weight excluding hydrogens is 255 g/mol. The third-order valence-corrected chi connectivity index (χ3v) is 4.19. The van der Waals surface area contributed by atoms with E-state index >= 15 is 0 Å². The molecule has 1 unspecified atom stereocenters. The van der Waals surface area contributed by atoms with Gasteiger partial charge in [-0.25, -0.2) is 17.5 Å². The fraction of sp³-hybridized carbons (Fsp3) is 0.500. The summed E-state index contributed by atoms with van der Waals surface area (Å²) in [6.07, 6.45) is 0. The first-order valence-electron chi connectivity index (χ1n) is 5.65. The largest absolute Gasteiger partial charge is 0.329 e. The average molecular weight is 274 g/mol. The summed E-state index contributed by atoms with van der Waals surface area (Å²) < 4.78 is 39.4. The van der Waals surface area contributed by atoms with Crippen LogP contribution < -0.4 is 10.5 Å². The zero-order valence-corrected chi connectivity index (χ0v) is 11.6. The number of benzene rings is 1. The Kier molecular flexibility index (Phi) is 4.47. The lowest BCUT2D eigenvalue weighted by molar-refractivity contribution is 0.304. The first kappa shape index (κ1) is 15.1. The first-order chi connectivity index (χ1) is 8.16. The van der Waals surface area contributed by atoms with E-state index in [0.717, 1.165) is 12.1 Å². The van der Waals surface area contributed by atoms with Crippen molar-refractivity contribution in [2.45, 2.75) is 31.7 Å². The summed E-state index contributed by atoms with van der Waals surface area (Å²) in [5.41, 5.74) is 5.29. The van der Waals surface area contributed by atoms with Gasteiger partial charge in [-0.3, -0.25) is 0 Å². The molecule has 102 valence electrons. The van der Waals surface area contributed by atoms with Crippen molar-refractivity contribution in [2.75, 3.05) is 6.54 Å².